The number of rotatable bonds is 8. The highest BCUT2D eigenvalue weighted by atomic mass is 32.2. The van der Waals surface area contributed by atoms with Gasteiger partial charge in [0.2, 0.25) is 5.91 Å². The number of hydrogen-bond acceptors (Lipinski definition) is 4. The summed E-state index contributed by atoms with van der Waals surface area (Å²) in [5.41, 5.74) is 0. The van der Waals surface area contributed by atoms with Crippen LogP contribution in [0.15, 0.2) is 58.0 Å². The lowest BCUT2D eigenvalue weighted by atomic mass is 10.3. The molecular formula is C17H20N2O3S. The Bertz CT molecular complexity index is 614. The number of furan rings is 1. The summed E-state index contributed by atoms with van der Waals surface area (Å²) in [6, 6.07) is 12.7. The second-order valence-electron chi connectivity index (χ2n) is 4.98. The van der Waals surface area contributed by atoms with Gasteiger partial charge in [-0.25, -0.2) is 0 Å². The zero-order valence-corrected chi connectivity index (χ0v) is 13.8. The van der Waals surface area contributed by atoms with Crippen LogP contribution in [0.4, 0.5) is 0 Å². The molecular weight excluding hydrogens is 312 g/mol. The molecule has 0 spiro atoms. The maximum atomic E-state index is 11.9. The van der Waals surface area contributed by atoms with Crippen molar-refractivity contribution < 1.29 is 14.0 Å². The summed E-state index contributed by atoms with van der Waals surface area (Å²) in [7, 11) is 0. The molecule has 0 radical (unpaired) electrons. The fourth-order valence-corrected chi connectivity index (χ4v) is 2.76. The summed E-state index contributed by atoms with van der Waals surface area (Å²) in [6.07, 6.45) is 2.29. The quantitative estimate of drug-likeness (QED) is 0.576. The molecule has 0 aliphatic carbocycles. The molecule has 122 valence electrons. The molecule has 2 rings (SSSR count). The molecule has 23 heavy (non-hydrogen) atoms. The average molecular weight is 332 g/mol. The number of thioether (sulfide) groups is 1. The van der Waals surface area contributed by atoms with Crippen LogP contribution in [0.2, 0.25) is 0 Å². The Morgan fingerprint density at radius 1 is 1.17 bits per heavy atom. The number of hydrogen-bond donors (Lipinski definition) is 2. The first kappa shape index (κ1) is 17.1. The summed E-state index contributed by atoms with van der Waals surface area (Å²) in [5, 5.41) is 5.42. The lowest BCUT2D eigenvalue weighted by molar-refractivity contribution is -0.122. The summed E-state index contributed by atoms with van der Waals surface area (Å²) in [5.74, 6) is 0.535. The number of carbonyl (C=O) groups excluding carboxylic acids is 2. The molecule has 1 aromatic heterocycles. The zero-order chi connectivity index (χ0) is 16.5. The number of amides is 2. The molecule has 2 amide bonds. The minimum atomic E-state index is -0.602. The standard InChI is InChI=1S/C17H20N2O3S/c1-13(19-17(21)15-9-5-11-22-15)16(20)18-10-6-12-23-14-7-3-2-4-8-14/h2-5,7-9,11,13H,6,10,12H2,1H3,(H,18,20)(H,19,21). The third-order valence-corrected chi connectivity index (χ3v) is 4.22. The maximum absolute atomic E-state index is 11.9. The van der Waals surface area contributed by atoms with Crippen LogP contribution in [0.3, 0.4) is 0 Å². The second-order valence-corrected chi connectivity index (χ2v) is 6.15. The van der Waals surface area contributed by atoms with Gasteiger partial charge in [0, 0.05) is 11.4 Å². The Labute approximate surface area is 139 Å². The van der Waals surface area contributed by atoms with Crippen LogP contribution in [-0.2, 0) is 4.79 Å². The van der Waals surface area contributed by atoms with E-state index in [1.807, 2.05) is 18.2 Å². The van der Waals surface area contributed by atoms with Crippen molar-refractivity contribution in [1.82, 2.24) is 10.6 Å². The molecule has 0 saturated heterocycles. The highest BCUT2D eigenvalue weighted by Gasteiger charge is 2.17. The van der Waals surface area contributed by atoms with Crippen LogP contribution in [-0.4, -0.2) is 30.2 Å². The molecule has 0 bridgehead atoms. The predicted octanol–water partition coefficient (Wildman–Crippen LogP) is 2.70. The molecule has 2 aromatic rings. The van der Waals surface area contributed by atoms with E-state index >= 15 is 0 Å². The lowest BCUT2D eigenvalue weighted by Gasteiger charge is -2.13. The average Bonchev–Trinajstić information content (AvgIpc) is 3.10. The van der Waals surface area contributed by atoms with Gasteiger partial charge < -0.3 is 15.1 Å². The highest BCUT2D eigenvalue weighted by Crippen LogP contribution is 2.17. The Morgan fingerprint density at radius 3 is 2.65 bits per heavy atom. The molecule has 6 heteroatoms. The van der Waals surface area contributed by atoms with E-state index in [0.717, 1.165) is 12.2 Å². The molecule has 0 fully saturated rings. The lowest BCUT2D eigenvalue weighted by Crippen LogP contribution is -2.45. The Balaban J connectivity index is 1.61. The predicted molar refractivity (Wildman–Crippen MR) is 90.4 cm³/mol. The largest absolute Gasteiger partial charge is 0.459 e. The molecule has 0 aliphatic heterocycles. The Morgan fingerprint density at radius 2 is 1.96 bits per heavy atom. The van der Waals surface area contributed by atoms with Gasteiger partial charge in [-0.3, -0.25) is 9.59 Å². The molecule has 1 heterocycles. The SMILES string of the molecule is CC(NC(=O)c1ccco1)C(=O)NCCCSc1ccccc1. The first-order chi connectivity index (χ1) is 11.2. The topological polar surface area (TPSA) is 71.3 Å². The van der Waals surface area contributed by atoms with Crippen molar-refractivity contribution in [2.45, 2.75) is 24.3 Å². The van der Waals surface area contributed by atoms with E-state index in [2.05, 4.69) is 22.8 Å². The molecule has 0 aliphatic rings. The second kappa shape index (κ2) is 9.05. The van der Waals surface area contributed by atoms with E-state index in [9.17, 15) is 9.59 Å². The molecule has 0 saturated carbocycles. The fraction of sp³-hybridized carbons (Fsp3) is 0.294. The summed E-state index contributed by atoms with van der Waals surface area (Å²) in [4.78, 5) is 24.9. The fourth-order valence-electron chi connectivity index (χ4n) is 1.88. The maximum Gasteiger partial charge on any atom is 0.287 e. The van der Waals surface area contributed by atoms with E-state index in [4.69, 9.17) is 4.42 Å². The zero-order valence-electron chi connectivity index (χ0n) is 13.0. The van der Waals surface area contributed by atoms with Crippen molar-refractivity contribution >= 4 is 23.6 Å². The smallest absolute Gasteiger partial charge is 0.287 e. The Kier molecular flexibility index (Phi) is 6.75. The third-order valence-electron chi connectivity index (χ3n) is 3.12. The first-order valence-electron chi connectivity index (χ1n) is 7.47. The van der Waals surface area contributed by atoms with Gasteiger partial charge in [0.25, 0.3) is 5.91 Å². The minimum absolute atomic E-state index is 0.198. The van der Waals surface area contributed by atoms with Crippen molar-refractivity contribution in [3.05, 3.63) is 54.5 Å². The van der Waals surface area contributed by atoms with Crippen LogP contribution in [0, 0.1) is 0 Å². The molecule has 2 N–H and O–H groups in total. The first-order valence-corrected chi connectivity index (χ1v) is 8.45. The van der Waals surface area contributed by atoms with Crippen LogP contribution < -0.4 is 10.6 Å². The van der Waals surface area contributed by atoms with Gasteiger partial charge in [-0.15, -0.1) is 11.8 Å². The van der Waals surface area contributed by atoms with E-state index in [1.165, 1.54) is 11.2 Å². The van der Waals surface area contributed by atoms with E-state index in [1.54, 1.807) is 30.8 Å². The Hall–Kier alpha value is -2.21. The van der Waals surface area contributed by atoms with Crippen molar-refractivity contribution in [2.24, 2.45) is 0 Å². The number of nitrogens with one attached hydrogen (secondary N) is 2. The van der Waals surface area contributed by atoms with E-state index in [0.29, 0.717) is 6.54 Å². The van der Waals surface area contributed by atoms with Crippen molar-refractivity contribution in [3.8, 4) is 0 Å². The number of carbonyl (C=O) groups is 2. The molecule has 1 unspecified atom stereocenters. The molecule has 1 atom stereocenters. The van der Waals surface area contributed by atoms with E-state index in [-0.39, 0.29) is 11.7 Å². The monoisotopic (exact) mass is 332 g/mol. The van der Waals surface area contributed by atoms with Gasteiger partial charge >= 0.3 is 0 Å². The minimum Gasteiger partial charge on any atom is -0.459 e. The van der Waals surface area contributed by atoms with E-state index < -0.39 is 11.9 Å². The number of benzene rings is 1. The molecule has 5 nitrogen and oxygen atoms in total. The van der Waals surface area contributed by atoms with Crippen molar-refractivity contribution in [1.29, 1.82) is 0 Å². The molecule has 1 aromatic carbocycles. The normalized spacial score (nSPS) is 11.7. The van der Waals surface area contributed by atoms with Crippen LogP contribution in [0.25, 0.3) is 0 Å². The van der Waals surface area contributed by atoms with Gasteiger partial charge in [-0.05, 0) is 43.4 Å². The van der Waals surface area contributed by atoms with Crippen LogP contribution in [0.1, 0.15) is 23.9 Å². The van der Waals surface area contributed by atoms with Gasteiger partial charge in [0.1, 0.15) is 6.04 Å². The van der Waals surface area contributed by atoms with Gasteiger partial charge in [-0.1, -0.05) is 18.2 Å². The van der Waals surface area contributed by atoms with Crippen LogP contribution in [0.5, 0.6) is 0 Å². The van der Waals surface area contributed by atoms with Gasteiger partial charge in [0.05, 0.1) is 6.26 Å². The summed E-state index contributed by atoms with van der Waals surface area (Å²) >= 11 is 1.76. The summed E-state index contributed by atoms with van der Waals surface area (Å²) < 4.78 is 4.98. The van der Waals surface area contributed by atoms with Gasteiger partial charge in [0.15, 0.2) is 5.76 Å². The third kappa shape index (κ3) is 5.83. The van der Waals surface area contributed by atoms with Crippen LogP contribution >= 0.6 is 11.8 Å². The van der Waals surface area contributed by atoms with Gasteiger partial charge in [-0.2, -0.15) is 0 Å². The summed E-state index contributed by atoms with van der Waals surface area (Å²) in [6.45, 7) is 2.23. The van der Waals surface area contributed by atoms with Crippen molar-refractivity contribution in [2.75, 3.05) is 12.3 Å². The highest BCUT2D eigenvalue weighted by molar-refractivity contribution is 7.99. The van der Waals surface area contributed by atoms with Crippen molar-refractivity contribution in [3.63, 3.8) is 0 Å².